The minimum atomic E-state index is 0.0388. The maximum Gasteiger partial charge on any atom is 0.266 e. The van der Waals surface area contributed by atoms with E-state index in [1.165, 1.54) is 277 Å². The summed E-state index contributed by atoms with van der Waals surface area (Å²) >= 11 is 34.4. The Hall–Kier alpha value is -2.40. The van der Waals surface area contributed by atoms with Crippen molar-refractivity contribution in [1.29, 1.82) is 0 Å². The first-order chi connectivity index (χ1) is 49.5. The predicted octanol–water partition coefficient (Wildman–Crippen LogP) is 30.4. The summed E-state index contributed by atoms with van der Waals surface area (Å²) in [6.07, 6.45) is 42.8. The molecule has 101 heavy (non-hydrogen) atoms. The van der Waals surface area contributed by atoms with Crippen LogP contribution in [0.4, 0.5) is 0 Å². The van der Waals surface area contributed by atoms with Gasteiger partial charge in [0, 0.05) is 96.1 Å². The number of hydrogen-bond acceptors (Lipinski definition) is 16. The molecule has 11 rings (SSSR count). The molecule has 18 heteroatoms. The number of aryl methyl sites for hydroxylation is 4. The molecule has 0 atom stereocenters. The number of thiocarbonyl (C=S) groups is 2. The van der Waals surface area contributed by atoms with Crippen molar-refractivity contribution in [2.24, 2.45) is 0 Å². The number of rotatable bonds is 45. The van der Waals surface area contributed by atoms with Crippen LogP contribution in [0.5, 0.6) is 0 Å². The molecular formula is C83H102N2O2S14. The molecule has 2 aliphatic heterocycles. The van der Waals surface area contributed by atoms with Gasteiger partial charge in [0.05, 0.1) is 30.9 Å². The first-order valence-corrected chi connectivity index (χ1v) is 48.7. The highest BCUT2D eigenvalue weighted by Gasteiger charge is 2.39. The summed E-state index contributed by atoms with van der Waals surface area (Å²) in [5.74, 6) is 0.963. The van der Waals surface area contributed by atoms with E-state index in [4.69, 9.17) is 24.4 Å². The number of fused-ring (bicyclic) bond motifs is 6. The maximum atomic E-state index is 14.5. The normalized spacial score (nSPS) is 15.5. The van der Waals surface area contributed by atoms with Gasteiger partial charge in [0.15, 0.2) is 0 Å². The second-order valence-electron chi connectivity index (χ2n) is 27.1. The molecule has 2 fully saturated rings. The number of thioether (sulfide) groups is 6. The average molecular weight is 1610 g/mol. The molecule has 2 aliphatic carbocycles. The molecule has 2 amide bonds. The van der Waals surface area contributed by atoms with E-state index in [9.17, 15) is 9.59 Å². The van der Waals surface area contributed by atoms with Gasteiger partial charge in [-0.15, -0.1) is 79.8 Å². The molecule has 0 unspecified atom stereocenters. The maximum absolute atomic E-state index is 14.5. The van der Waals surface area contributed by atoms with Crippen molar-refractivity contribution in [3.63, 3.8) is 0 Å². The van der Waals surface area contributed by atoms with Crippen molar-refractivity contribution >= 4 is 207 Å². The van der Waals surface area contributed by atoms with Gasteiger partial charge in [-0.05, 0) is 160 Å². The summed E-state index contributed by atoms with van der Waals surface area (Å²) in [7, 11) is 0. The lowest BCUT2D eigenvalue weighted by atomic mass is 9.98. The van der Waals surface area contributed by atoms with E-state index in [0.29, 0.717) is 21.7 Å². The minimum Gasteiger partial charge on any atom is -0.293 e. The van der Waals surface area contributed by atoms with E-state index in [0.717, 1.165) is 76.7 Å². The molecule has 0 N–H and O–H groups in total. The van der Waals surface area contributed by atoms with E-state index in [1.54, 1.807) is 0 Å². The molecular weight excluding hydrogens is 1510 g/mol. The van der Waals surface area contributed by atoms with E-state index >= 15 is 0 Å². The molecule has 0 saturated carbocycles. The largest absolute Gasteiger partial charge is 0.293 e. The number of benzene rings is 1. The van der Waals surface area contributed by atoms with E-state index in [2.05, 4.69) is 126 Å². The van der Waals surface area contributed by atoms with Crippen LogP contribution in [0.25, 0.3) is 44.2 Å². The van der Waals surface area contributed by atoms with Gasteiger partial charge in [-0.2, -0.15) is 0 Å². The van der Waals surface area contributed by atoms with Gasteiger partial charge >= 0.3 is 0 Å². The fourth-order valence-electron chi connectivity index (χ4n) is 13.5. The standard InChI is InChI=1S/C83H102N2O2S14/c1-7-13-19-25-27-33-47-84-78(86)69(97-82(84)88)51-61-49-67-74(80(99-71-44-41-57(92-71)36-30-22-16-10-4)90-55-60-40-39-56(91-60)35-29-21-15-9-3)63-53-66-64(54-65(63)76(67)95-61)75(68-50-62(96-77(66)68)52-70-79(87)85(83(89)98-70)48-34-28-26-20-14-8-2)81(100-72-45-42-58(93-72)37-31-23-17-11-5)101-73-46-43-59(94-73)38-32-24-18-12-6/h39-46,49-54H,7-38,47-48,55H2,1-6H3/b69-51+,70-52+,80-74-. The van der Waals surface area contributed by atoms with Crippen molar-refractivity contribution in [3.05, 3.63) is 147 Å². The lowest BCUT2D eigenvalue weighted by Gasteiger charge is -2.15. The van der Waals surface area contributed by atoms with Crippen LogP contribution in [-0.4, -0.2) is 43.3 Å². The van der Waals surface area contributed by atoms with E-state index in [-0.39, 0.29) is 11.8 Å². The smallest absolute Gasteiger partial charge is 0.266 e. The highest BCUT2D eigenvalue weighted by molar-refractivity contribution is 8.27. The molecule has 0 spiro atoms. The SMILES string of the molecule is CCCCCCCCN1C(=O)/C(=C\c2cc3c(s2)-c2cc4c(cc2C3=C(Sc2ccc(CCCCCC)s2)Sc2ccc(CCCCCC)s2)-c2sc(/C=C3/SC(=S)N(CCCCCCCC)C3=O)cc2/C4=C(/SCc2ccc(CCCCCC)s2)Sc2ccc(CCCCCC)s2)SC1=S. The highest BCUT2D eigenvalue weighted by Crippen LogP contribution is 2.62. The Bertz CT molecular complexity index is 4000. The lowest BCUT2D eigenvalue weighted by Crippen LogP contribution is -2.28. The number of thiophene rings is 6. The van der Waals surface area contributed by atoms with Crippen molar-refractivity contribution < 1.29 is 9.59 Å². The zero-order valence-electron chi connectivity index (χ0n) is 60.3. The van der Waals surface area contributed by atoms with Crippen LogP contribution < -0.4 is 0 Å². The van der Waals surface area contributed by atoms with Crippen molar-refractivity contribution in [2.45, 2.75) is 265 Å². The van der Waals surface area contributed by atoms with Gasteiger partial charge in [0.2, 0.25) is 0 Å². The molecule has 540 valence electrons. The van der Waals surface area contributed by atoms with Crippen LogP contribution >= 0.6 is 163 Å². The summed E-state index contributed by atoms with van der Waals surface area (Å²) < 4.78 is 7.92. The second-order valence-corrected chi connectivity index (χ2v) is 42.8. The van der Waals surface area contributed by atoms with Crippen LogP contribution in [0.2, 0.25) is 0 Å². The molecule has 4 aliphatic rings. The Balaban J connectivity index is 1.07. The van der Waals surface area contributed by atoms with Gasteiger partial charge in [-0.25, -0.2) is 0 Å². The number of amides is 2. The summed E-state index contributed by atoms with van der Waals surface area (Å²) in [6.45, 7) is 15.1. The first kappa shape index (κ1) is 79.6. The van der Waals surface area contributed by atoms with E-state index < -0.39 is 0 Å². The molecule has 0 radical (unpaired) electrons. The summed E-state index contributed by atoms with van der Waals surface area (Å²) in [5.41, 5.74) is 10.1. The molecule has 1 aromatic carbocycles. The molecule has 8 heterocycles. The topological polar surface area (TPSA) is 40.6 Å². The van der Waals surface area contributed by atoms with Crippen LogP contribution in [0.3, 0.4) is 0 Å². The monoisotopic (exact) mass is 1610 g/mol. The summed E-state index contributed by atoms with van der Waals surface area (Å²) in [5, 5.41) is 0. The zero-order chi connectivity index (χ0) is 70.5. The highest BCUT2D eigenvalue weighted by atomic mass is 32.2. The third-order valence-electron chi connectivity index (χ3n) is 19.1. The van der Waals surface area contributed by atoms with Gasteiger partial charge in [0.1, 0.15) is 8.64 Å². The van der Waals surface area contributed by atoms with Gasteiger partial charge in [-0.1, -0.05) is 266 Å². The molecule has 6 aromatic heterocycles. The van der Waals surface area contributed by atoms with Crippen LogP contribution in [0.15, 0.2) is 104 Å². The number of carbonyl (C=O) groups excluding carboxylic acids is 2. The van der Waals surface area contributed by atoms with Crippen LogP contribution in [0.1, 0.15) is 278 Å². The lowest BCUT2D eigenvalue weighted by molar-refractivity contribution is -0.123. The quantitative estimate of drug-likeness (QED) is 0.0160. The van der Waals surface area contributed by atoms with Crippen LogP contribution in [-0.2, 0) is 41.0 Å². The Labute approximate surface area is 665 Å². The molecule has 7 aromatic rings. The second kappa shape index (κ2) is 41.2. The van der Waals surface area contributed by atoms with Crippen molar-refractivity contribution in [1.82, 2.24) is 9.80 Å². The Morgan fingerprint density at radius 3 is 1.11 bits per heavy atom. The molecule has 2 saturated heterocycles. The summed E-state index contributed by atoms with van der Waals surface area (Å²) in [6, 6.07) is 29.1. The molecule has 0 bridgehead atoms. The van der Waals surface area contributed by atoms with Gasteiger partial charge < -0.3 is 0 Å². The fraction of sp³-hybridized carbons (Fsp3) is 0.494. The Morgan fingerprint density at radius 2 is 0.703 bits per heavy atom. The third-order valence-corrected chi connectivity index (χ3v) is 33.9. The predicted molar refractivity (Wildman–Crippen MR) is 469 cm³/mol. The van der Waals surface area contributed by atoms with Crippen LogP contribution in [0, 0.1) is 0 Å². The van der Waals surface area contributed by atoms with Crippen molar-refractivity contribution in [3.8, 4) is 20.9 Å². The minimum absolute atomic E-state index is 0.0388. The fourth-order valence-corrected chi connectivity index (χ4v) is 28.8. The molecule has 4 nitrogen and oxygen atoms in total. The summed E-state index contributed by atoms with van der Waals surface area (Å²) in [4.78, 5) is 46.1. The Kier molecular flexibility index (Phi) is 32.5. The number of unbranched alkanes of at least 4 members (excludes halogenated alkanes) is 22. The van der Waals surface area contributed by atoms with Crippen molar-refractivity contribution in [2.75, 3.05) is 13.1 Å². The van der Waals surface area contributed by atoms with Gasteiger partial charge in [0.25, 0.3) is 11.8 Å². The third kappa shape index (κ3) is 21.7. The number of nitrogens with zero attached hydrogens (tertiary/aromatic N) is 2. The van der Waals surface area contributed by atoms with Gasteiger partial charge in [-0.3, -0.25) is 19.4 Å². The number of hydrogen-bond donors (Lipinski definition) is 0. The zero-order valence-corrected chi connectivity index (χ0v) is 71.7. The number of carbonyl (C=O) groups is 2. The van der Waals surface area contributed by atoms with E-state index in [1.807, 2.05) is 125 Å². The first-order valence-electron chi connectivity index (χ1n) is 37.9. The average Bonchev–Trinajstić information content (AvgIpc) is 1.55. The Morgan fingerprint density at radius 1 is 0.366 bits per heavy atom.